The monoisotopic (exact) mass is 203 g/mol. The van der Waals surface area contributed by atoms with Crippen molar-refractivity contribution in [2.45, 2.75) is 25.8 Å². The Balaban J connectivity index is 2.27. The molecule has 1 N–H and O–H groups in total. The summed E-state index contributed by atoms with van der Waals surface area (Å²) in [6, 6.07) is -0.211. The molecule has 0 radical (unpaired) electrons. The molecule has 0 aliphatic carbocycles. The van der Waals surface area contributed by atoms with E-state index in [1.165, 1.54) is 0 Å². The van der Waals surface area contributed by atoms with Crippen LogP contribution in [-0.4, -0.2) is 46.6 Å². The van der Waals surface area contributed by atoms with Crippen molar-refractivity contribution >= 4 is 17.7 Å². The zero-order chi connectivity index (χ0) is 9.68. The van der Waals surface area contributed by atoms with Gasteiger partial charge in [0.1, 0.15) is 6.04 Å². The number of aliphatic carboxylic acids is 1. The highest BCUT2D eigenvalue weighted by molar-refractivity contribution is 7.99. The fourth-order valence-electron chi connectivity index (χ4n) is 1.70. The summed E-state index contributed by atoms with van der Waals surface area (Å²) in [5, 5.41) is 8.89. The van der Waals surface area contributed by atoms with Gasteiger partial charge in [0.05, 0.1) is 0 Å². The van der Waals surface area contributed by atoms with E-state index < -0.39 is 5.97 Å². The zero-order valence-corrected chi connectivity index (χ0v) is 8.85. The average Bonchev–Trinajstić information content (AvgIpc) is 2.53. The van der Waals surface area contributed by atoms with E-state index in [9.17, 15) is 4.79 Å². The van der Waals surface area contributed by atoms with E-state index in [-0.39, 0.29) is 6.04 Å². The van der Waals surface area contributed by atoms with Gasteiger partial charge in [-0.25, -0.2) is 0 Å². The molecule has 3 nitrogen and oxygen atoms in total. The van der Waals surface area contributed by atoms with Crippen molar-refractivity contribution in [3.8, 4) is 0 Å². The fourth-order valence-corrected chi connectivity index (χ4v) is 2.35. The summed E-state index contributed by atoms with van der Waals surface area (Å²) >= 11 is 1.87. The predicted molar refractivity (Wildman–Crippen MR) is 55.2 cm³/mol. The average molecular weight is 203 g/mol. The summed E-state index contributed by atoms with van der Waals surface area (Å²) in [5.41, 5.74) is 0. The minimum absolute atomic E-state index is 0.211. The van der Waals surface area contributed by atoms with Gasteiger partial charge in [-0.05, 0) is 25.1 Å². The molecule has 1 rings (SSSR count). The van der Waals surface area contributed by atoms with Crippen molar-refractivity contribution in [1.82, 2.24) is 4.90 Å². The minimum Gasteiger partial charge on any atom is -0.480 e. The lowest BCUT2D eigenvalue weighted by Gasteiger charge is -2.20. The Kier molecular flexibility index (Phi) is 4.59. The van der Waals surface area contributed by atoms with E-state index in [1.807, 2.05) is 11.8 Å². The maximum absolute atomic E-state index is 10.8. The first kappa shape index (κ1) is 10.9. The third-order valence-electron chi connectivity index (χ3n) is 2.38. The molecule has 1 saturated heterocycles. The van der Waals surface area contributed by atoms with Crippen LogP contribution in [0.15, 0.2) is 0 Å². The predicted octanol–water partition coefficient (Wildman–Crippen LogP) is 1.29. The van der Waals surface area contributed by atoms with E-state index in [0.717, 1.165) is 37.4 Å². The van der Waals surface area contributed by atoms with Crippen molar-refractivity contribution in [3.05, 3.63) is 0 Å². The normalized spacial score (nSPS) is 23.6. The Morgan fingerprint density at radius 2 is 2.46 bits per heavy atom. The van der Waals surface area contributed by atoms with Crippen LogP contribution >= 0.6 is 11.8 Å². The van der Waals surface area contributed by atoms with Crippen LogP contribution in [-0.2, 0) is 4.79 Å². The topological polar surface area (TPSA) is 40.5 Å². The highest BCUT2D eigenvalue weighted by Crippen LogP contribution is 2.17. The number of carbonyl (C=O) groups is 1. The Morgan fingerprint density at radius 3 is 3.08 bits per heavy atom. The number of carboxylic acid groups (broad SMARTS) is 1. The first-order valence-corrected chi connectivity index (χ1v) is 5.95. The number of likely N-dealkylation sites (tertiary alicyclic amines) is 1. The minimum atomic E-state index is -0.654. The molecule has 0 bridgehead atoms. The third kappa shape index (κ3) is 3.19. The lowest BCUT2D eigenvalue weighted by atomic mass is 10.2. The second-order valence-corrected chi connectivity index (χ2v) is 4.62. The van der Waals surface area contributed by atoms with Gasteiger partial charge >= 0.3 is 5.97 Å². The molecule has 0 saturated carbocycles. The van der Waals surface area contributed by atoms with Gasteiger partial charge in [-0.2, -0.15) is 11.8 Å². The van der Waals surface area contributed by atoms with E-state index in [4.69, 9.17) is 5.11 Å². The maximum Gasteiger partial charge on any atom is 0.320 e. The summed E-state index contributed by atoms with van der Waals surface area (Å²) < 4.78 is 0. The fraction of sp³-hybridized carbons (Fsp3) is 0.889. The van der Waals surface area contributed by atoms with E-state index in [0.29, 0.717) is 0 Å². The molecule has 1 heterocycles. The quantitative estimate of drug-likeness (QED) is 0.684. The second kappa shape index (κ2) is 5.50. The van der Waals surface area contributed by atoms with Gasteiger partial charge in [0.2, 0.25) is 0 Å². The Labute approximate surface area is 83.5 Å². The number of hydrogen-bond acceptors (Lipinski definition) is 3. The lowest BCUT2D eigenvalue weighted by molar-refractivity contribution is -0.142. The molecule has 0 aromatic carbocycles. The van der Waals surface area contributed by atoms with Crippen LogP contribution in [0.5, 0.6) is 0 Å². The van der Waals surface area contributed by atoms with Crippen molar-refractivity contribution in [2.24, 2.45) is 0 Å². The number of rotatable bonds is 5. The van der Waals surface area contributed by atoms with E-state index in [1.54, 1.807) is 0 Å². The molecule has 4 heteroatoms. The van der Waals surface area contributed by atoms with Gasteiger partial charge in [-0.1, -0.05) is 6.92 Å². The number of nitrogens with zero attached hydrogens (tertiary/aromatic N) is 1. The van der Waals surface area contributed by atoms with Crippen molar-refractivity contribution < 1.29 is 9.90 Å². The van der Waals surface area contributed by atoms with Gasteiger partial charge in [0.25, 0.3) is 0 Å². The summed E-state index contributed by atoms with van der Waals surface area (Å²) in [5.74, 6) is 1.52. The molecular weight excluding hydrogens is 186 g/mol. The van der Waals surface area contributed by atoms with E-state index in [2.05, 4.69) is 11.8 Å². The van der Waals surface area contributed by atoms with Crippen LogP contribution in [0.25, 0.3) is 0 Å². The van der Waals surface area contributed by atoms with Crippen LogP contribution in [0.1, 0.15) is 19.8 Å². The Hall–Kier alpha value is -0.220. The maximum atomic E-state index is 10.8. The molecule has 1 aliphatic heterocycles. The van der Waals surface area contributed by atoms with Crippen LogP contribution in [0, 0.1) is 0 Å². The summed E-state index contributed by atoms with van der Waals surface area (Å²) in [6.45, 7) is 4.01. The smallest absolute Gasteiger partial charge is 0.320 e. The number of hydrogen-bond donors (Lipinski definition) is 1. The molecular formula is C9H17NO2S. The molecule has 1 fully saturated rings. The molecule has 1 aliphatic rings. The highest BCUT2D eigenvalue weighted by atomic mass is 32.2. The van der Waals surface area contributed by atoms with Gasteiger partial charge in [-0.15, -0.1) is 0 Å². The van der Waals surface area contributed by atoms with Crippen LogP contribution in [0.4, 0.5) is 0 Å². The van der Waals surface area contributed by atoms with Gasteiger partial charge in [-0.3, -0.25) is 9.69 Å². The lowest BCUT2D eigenvalue weighted by Crippen LogP contribution is -2.37. The third-order valence-corrected chi connectivity index (χ3v) is 3.26. The Bertz CT molecular complexity index is 175. The standard InChI is InChI=1S/C9H17NO2S/c1-2-13-7-6-10-5-3-4-8(10)9(11)12/h8H,2-7H2,1H3,(H,11,12). The molecule has 13 heavy (non-hydrogen) atoms. The van der Waals surface area contributed by atoms with Gasteiger partial charge < -0.3 is 5.11 Å². The molecule has 1 atom stereocenters. The first-order chi connectivity index (χ1) is 6.25. The molecule has 76 valence electrons. The second-order valence-electron chi connectivity index (χ2n) is 3.23. The summed E-state index contributed by atoms with van der Waals surface area (Å²) in [6.07, 6.45) is 1.86. The van der Waals surface area contributed by atoms with Crippen molar-refractivity contribution in [1.29, 1.82) is 0 Å². The largest absolute Gasteiger partial charge is 0.480 e. The van der Waals surface area contributed by atoms with Crippen LogP contribution in [0.2, 0.25) is 0 Å². The molecule has 0 spiro atoms. The van der Waals surface area contributed by atoms with Crippen molar-refractivity contribution in [2.75, 3.05) is 24.6 Å². The SMILES string of the molecule is CCSCCN1CCCC1C(=O)O. The number of thioether (sulfide) groups is 1. The molecule has 0 aromatic rings. The van der Waals surface area contributed by atoms with Crippen LogP contribution in [0.3, 0.4) is 0 Å². The Morgan fingerprint density at radius 1 is 1.69 bits per heavy atom. The van der Waals surface area contributed by atoms with Crippen LogP contribution < -0.4 is 0 Å². The first-order valence-electron chi connectivity index (χ1n) is 4.80. The van der Waals surface area contributed by atoms with Gasteiger partial charge in [0.15, 0.2) is 0 Å². The molecule has 1 unspecified atom stereocenters. The zero-order valence-electron chi connectivity index (χ0n) is 8.03. The molecule has 0 aromatic heterocycles. The highest BCUT2D eigenvalue weighted by Gasteiger charge is 2.29. The summed E-state index contributed by atoms with van der Waals surface area (Å²) in [7, 11) is 0. The van der Waals surface area contributed by atoms with E-state index >= 15 is 0 Å². The van der Waals surface area contributed by atoms with Gasteiger partial charge in [0, 0.05) is 12.3 Å². The molecule has 0 amide bonds. The van der Waals surface area contributed by atoms with Crippen molar-refractivity contribution in [3.63, 3.8) is 0 Å². The number of carboxylic acids is 1. The summed E-state index contributed by atoms with van der Waals surface area (Å²) in [4.78, 5) is 12.9.